The average Bonchev–Trinajstić information content (AvgIpc) is 2.45. The molecule has 0 heterocycles. The van der Waals surface area contributed by atoms with Crippen LogP contribution in [0.5, 0.6) is 5.75 Å². The third kappa shape index (κ3) is 4.62. The highest BCUT2D eigenvalue weighted by Gasteiger charge is 2.39. The molecule has 0 aromatic heterocycles. The van der Waals surface area contributed by atoms with Gasteiger partial charge in [0, 0.05) is 4.47 Å². The van der Waals surface area contributed by atoms with Crippen LogP contribution in [0.4, 0.5) is 0 Å². The molecule has 0 aliphatic rings. The smallest absolute Gasteiger partial charge is 0.250 e. The molecule has 23 heavy (non-hydrogen) atoms. The molecule has 1 atom stereocenters. The Morgan fingerprint density at radius 2 is 1.57 bits per heavy atom. The van der Waals surface area contributed by atoms with Crippen molar-refractivity contribution in [3.63, 3.8) is 0 Å². The highest BCUT2D eigenvalue weighted by Crippen LogP contribution is 2.38. The second kappa shape index (κ2) is 7.00. The van der Waals surface area contributed by atoms with Crippen molar-refractivity contribution in [2.75, 3.05) is 0 Å². The number of halogens is 2. The van der Waals surface area contributed by atoms with Gasteiger partial charge in [0.2, 0.25) is 8.32 Å². The van der Waals surface area contributed by atoms with Crippen molar-refractivity contribution in [1.29, 1.82) is 0 Å². The van der Waals surface area contributed by atoms with E-state index in [4.69, 9.17) is 16.0 Å². The van der Waals surface area contributed by atoms with Gasteiger partial charge < -0.3 is 4.43 Å². The van der Waals surface area contributed by atoms with Crippen molar-refractivity contribution in [2.24, 2.45) is 0 Å². The maximum Gasteiger partial charge on any atom is 0.250 e. The SMILES string of the molecule is CC(C)(C)[Si](C)(C)Oc1cccc(C(Cl)c2cccc(Br)c2)c1. The predicted octanol–water partition coefficient (Wildman–Crippen LogP) is 7.16. The summed E-state index contributed by atoms with van der Waals surface area (Å²) >= 11 is 10.2. The summed E-state index contributed by atoms with van der Waals surface area (Å²) in [5.74, 6) is 0.912. The molecule has 1 nitrogen and oxygen atoms in total. The summed E-state index contributed by atoms with van der Waals surface area (Å²) in [6.07, 6.45) is 0. The normalized spacial score (nSPS) is 13.7. The Morgan fingerprint density at radius 3 is 2.13 bits per heavy atom. The molecule has 1 unspecified atom stereocenters. The second-order valence-electron chi connectivity index (χ2n) is 7.35. The monoisotopic (exact) mass is 410 g/mol. The molecule has 0 fully saturated rings. The number of hydrogen-bond acceptors (Lipinski definition) is 1. The molecule has 0 N–H and O–H groups in total. The third-order valence-corrected chi connectivity index (χ3v) is 9.83. The first-order valence-electron chi connectivity index (χ1n) is 7.79. The minimum absolute atomic E-state index is 0.174. The lowest BCUT2D eigenvalue weighted by Crippen LogP contribution is -2.43. The van der Waals surface area contributed by atoms with Gasteiger partial charge in [0.25, 0.3) is 0 Å². The lowest BCUT2D eigenvalue weighted by Gasteiger charge is -2.36. The zero-order valence-corrected chi connectivity index (χ0v) is 17.7. The van der Waals surface area contributed by atoms with Gasteiger partial charge in [-0.05, 0) is 53.5 Å². The Bertz CT molecular complexity index is 679. The molecule has 2 rings (SSSR count). The Kier molecular flexibility index (Phi) is 5.65. The van der Waals surface area contributed by atoms with E-state index in [1.54, 1.807) is 0 Å². The first-order valence-corrected chi connectivity index (χ1v) is 11.9. The maximum atomic E-state index is 6.67. The van der Waals surface area contributed by atoms with Gasteiger partial charge >= 0.3 is 0 Å². The lowest BCUT2D eigenvalue weighted by atomic mass is 10.0. The van der Waals surface area contributed by atoms with Gasteiger partial charge in [-0.1, -0.05) is 61.0 Å². The first-order chi connectivity index (χ1) is 10.6. The topological polar surface area (TPSA) is 9.23 Å². The van der Waals surface area contributed by atoms with E-state index < -0.39 is 8.32 Å². The molecule has 0 amide bonds. The van der Waals surface area contributed by atoms with Crippen LogP contribution >= 0.6 is 27.5 Å². The number of hydrogen-bond donors (Lipinski definition) is 0. The Morgan fingerprint density at radius 1 is 1.00 bits per heavy atom. The van der Waals surface area contributed by atoms with Crippen molar-refractivity contribution in [2.45, 2.75) is 44.3 Å². The van der Waals surface area contributed by atoms with Crippen LogP contribution in [0.15, 0.2) is 53.0 Å². The van der Waals surface area contributed by atoms with Crippen LogP contribution in [0, 0.1) is 0 Å². The molecular weight excluding hydrogens is 388 g/mol. The Balaban J connectivity index is 2.26. The van der Waals surface area contributed by atoms with E-state index >= 15 is 0 Å². The molecule has 0 aliphatic heterocycles. The largest absolute Gasteiger partial charge is 0.543 e. The van der Waals surface area contributed by atoms with Crippen LogP contribution in [0.2, 0.25) is 18.1 Å². The molecule has 2 aromatic carbocycles. The van der Waals surface area contributed by atoms with Gasteiger partial charge in [0.1, 0.15) is 5.75 Å². The van der Waals surface area contributed by atoms with Crippen molar-refractivity contribution in [3.05, 3.63) is 64.1 Å². The molecule has 4 heteroatoms. The molecule has 0 radical (unpaired) electrons. The van der Waals surface area contributed by atoms with E-state index in [0.29, 0.717) is 0 Å². The molecule has 0 spiro atoms. The van der Waals surface area contributed by atoms with E-state index in [2.05, 4.69) is 68.0 Å². The van der Waals surface area contributed by atoms with Crippen LogP contribution < -0.4 is 4.43 Å². The van der Waals surface area contributed by atoms with E-state index in [9.17, 15) is 0 Å². The van der Waals surface area contributed by atoms with Gasteiger partial charge in [-0.3, -0.25) is 0 Å². The van der Waals surface area contributed by atoms with Crippen molar-refractivity contribution < 1.29 is 4.43 Å². The van der Waals surface area contributed by atoms with Gasteiger partial charge in [-0.2, -0.15) is 0 Å². The zero-order valence-electron chi connectivity index (χ0n) is 14.4. The third-order valence-electron chi connectivity index (χ3n) is 4.47. The summed E-state index contributed by atoms with van der Waals surface area (Å²) < 4.78 is 7.42. The minimum atomic E-state index is -1.84. The average molecular weight is 412 g/mol. The second-order valence-corrected chi connectivity index (χ2v) is 13.4. The number of rotatable bonds is 4. The first kappa shape index (κ1) is 18.6. The number of benzene rings is 2. The summed E-state index contributed by atoms with van der Waals surface area (Å²) in [5, 5.41) is -0.0105. The van der Waals surface area contributed by atoms with Gasteiger partial charge in [-0.15, -0.1) is 11.6 Å². The summed E-state index contributed by atoms with van der Waals surface area (Å²) in [5.41, 5.74) is 2.13. The molecule has 0 aliphatic carbocycles. The molecule has 0 saturated carbocycles. The maximum absolute atomic E-state index is 6.67. The Hall–Kier alpha value is -0.773. The van der Waals surface area contributed by atoms with Crippen LogP contribution in [0.1, 0.15) is 37.3 Å². The summed E-state index contributed by atoms with van der Waals surface area (Å²) in [6.45, 7) is 11.2. The van der Waals surface area contributed by atoms with Crippen LogP contribution in [0.25, 0.3) is 0 Å². The van der Waals surface area contributed by atoms with Crippen molar-refractivity contribution in [3.8, 4) is 5.75 Å². The Labute approximate surface area is 154 Å². The van der Waals surface area contributed by atoms with Crippen LogP contribution in [-0.2, 0) is 0 Å². The fraction of sp³-hybridized carbons (Fsp3) is 0.368. The standard InChI is InChI=1S/C19H24BrClOSi/c1-19(2,3)23(4,5)22-17-11-7-9-15(13-17)18(21)14-8-6-10-16(20)12-14/h6-13,18H,1-5H3. The molecule has 0 saturated heterocycles. The van der Waals surface area contributed by atoms with Crippen LogP contribution in [0.3, 0.4) is 0 Å². The lowest BCUT2D eigenvalue weighted by molar-refractivity contribution is 0.491. The van der Waals surface area contributed by atoms with E-state index in [-0.39, 0.29) is 10.4 Å². The van der Waals surface area contributed by atoms with E-state index in [1.165, 1.54) is 0 Å². The summed E-state index contributed by atoms with van der Waals surface area (Å²) in [4.78, 5) is 0. The highest BCUT2D eigenvalue weighted by molar-refractivity contribution is 9.10. The zero-order chi connectivity index (χ0) is 17.3. The minimum Gasteiger partial charge on any atom is -0.543 e. The van der Waals surface area contributed by atoms with Gasteiger partial charge in [0.05, 0.1) is 5.38 Å². The van der Waals surface area contributed by atoms with Gasteiger partial charge in [0.15, 0.2) is 0 Å². The quantitative estimate of drug-likeness (QED) is 0.383. The van der Waals surface area contributed by atoms with Crippen molar-refractivity contribution >= 4 is 35.8 Å². The molecule has 124 valence electrons. The summed E-state index contributed by atoms with van der Waals surface area (Å²) in [6, 6.07) is 16.3. The number of alkyl halides is 1. The molecular formula is C19H24BrClOSi. The fourth-order valence-corrected chi connectivity index (χ4v) is 3.75. The van der Waals surface area contributed by atoms with Gasteiger partial charge in [-0.25, -0.2) is 0 Å². The predicted molar refractivity (Wildman–Crippen MR) is 106 cm³/mol. The summed E-state index contributed by atoms with van der Waals surface area (Å²) in [7, 11) is -1.84. The van der Waals surface area contributed by atoms with Crippen LogP contribution in [-0.4, -0.2) is 8.32 Å². The highest BCUT2D eigenvalue weighted by atomic mass is 79.9. The van der Waals surface area contributed by atoms with E-state index in [0.717, 1.165) is 21.3 Å². The molecule has 0 bridgehead atoms. The van der Waals surface area contributed by atoms with Crippen molar-refractivity contribution in [1.82, 2.24) is 0 Å². The molecule has 2 aromatic rings. The van der Waals surface area contributed by atoms with E-state index in [1.807, 2.05) is 30.3 Å². The fourth-order valence-electron chi connectivity index (χ4n) is 2.04.